The summed E-state index contributed by atoms with van der Waals surface area (Å²) in [6.07, 6.45) is -0.843. The molecule has 0 bridgehead atoms. The highest BCUT2D eigenvalue weighted by Gasteiger charge is 2.30. The van der Waals surface area contributed by atoms with Crippen LogP contribution in [0, 0.1) is 5.41 Å². The van der Waals surface area contributed by atoms with Crippen molar-refractivity contribution in [3.05, 3.63) is 65.7 Å². The summed E-state index contributed by atoms with van der Waals surface area (Å²) in [4.78, 5) is 24.8. The van der Waals surface area contributed by atoms with E-state index in [-0.39, 0.29) is 19.0 Å². The summed E-state index contributed by atoms with van der Waals surface area (Å²) in [6.45, 7) is -0.160. The van der Waals surface area contributed by atoms with Crippen LogP contribution in [0.3, 0.4) is 0 Å². The number of carbonyl (C=O) groups excluding carboxylic acids is 2. The van der Waals surface area contributed by atoms with E-state index >= 15 is 0 Å². The number of rotatable bonds is 10. The van der Waals surface area contributed by atoms with E-state index in [2.05, 4.69) is 16.0 Å². The molecule has 2 rings (SSSR count). The zero-order valence-electron chi connectivity index (χ0n) is 17.3. The van der Waals surface area contributed by atoms with Gasteiger partial charge < -0.3 is 26.8 Å². The molecule has 11 nitrogen and oxygen atoms in total. The van der Waals surface area contributed by atoms with Gasteiger partial charge >= 0.3 is 0 Å². The number of carbonyl (C=O) groups is 2. The summed E-state index contributed by atoms with van der Waals surface area (Å²) in [6, 6.07) is 15.0. The van der Waals surface area contributed by atoms with Crippen molar-refractivity contribution in [3.8, 4) is 0 Å². The lowest BCUT2D eigenvalue weighted by Crippen LogP contribution is -2.47. The maximum absolute atomic E-state index is 12.7. The molecule has 0 saturated carbocycles. The largest absolute Gasteiger partial charge is 0.376 e. The number of hydrogen-bond donors (Lipinski definition) is 7. The highest BCUT2D eigenvalue weighted by atomic mass is 32.2. The summed E-state index contributed by atoms with van der Waals surface area (Å²) in [5, 5.41) is 25.2. The Bertz CT molecular complexity index is 1040. The maximum atomic E-state index is 12.7. The van der Waals surface area contributed by atoms with Gasteiger partial charge in [-0.2, -0.15) is 4.72 Å². The van der Waals surface area contributed by atoms with E-state index in [0.29, 0.717) is 11.3 Å². The van der Waals surface area contributed by atoms with Crippen LogP contribution in [0.1, 0.15) is 17.0 Å². The molecule has 172 valence electrons. The van der Waals surface area contributed by atoms with Crippen molar-refractivity contribution in [2.45, 2.75) is 18.7 Å². The fraction of sp³-hybridized carbons (Fsp3) is 0.250. The highest BCUT2D eigenvalue weighted by Crippen LogP contribution is 2.19. The number of aliphatic hydroxyl groups is 1. The molecule has 0 aliphatic carbocycles. The van der Waals surface area contributed by atoms with Gasteiger partial charge in [-0.25, -0.2) is 8.42 Å². The Hall–Kier alpha value is -3.48. The second-order valence-electron chi connectivity index (χ2n) is 6.95. The summed E-state index contributed by atoms with van der Waals surface area (Å²) >= 11 is 0. The number of benzene rings is 2. The Labute approximate surface area is 186 Å². The summed E-state index contributed by atoms with van der Waals surface area (Å²) in [5.74, 6) is -2.62. The number of sulfonamides is 1. The van der Waals surface area contributed by atoms with Crippen molar-refractivity contribution in [3.63, 3.8) is 0 Å². The fourth-order valence-corrected chi connectivity index (χ4v) is 3.40. The minimum Gasteiger partial charge on any atom is -0.376 e. The van der Waals surface area contributed by atoms with Crippen molar-refractivity contribution < 1.29 is 23.1 Å². The van der Waals surface area contributed by atoms with Gasteiger partial charge in [-0.15, -0.1) is 0 Å². The van der Waals surface area contributed by atoms with Crippen LogP contribution in [-0.4, -0.2) is 50.3 Å². The Morgan fingerprint density at radius 3 is 2.25 bits per heavy atom. The average Bonchev–Trinajstić information content (AvgIpc) is 2.71. The van der Waals surface area contributed by atoms with E-state index in [1.165, 1.54) is 0 Å². The quantitative estimate of drug-likeness (QED) is 0.139. The smallest absolute Gasteiger partial charge is 0.239 e. The summed E-state index contributed by atoms with van der Waals surface area (Å²) < 4.78 is 24.9. The van der Waals surface area contributed by atoms with Gasteiger partial charge in [0.2, 0.25) is 21.8 Å². The molecule has 0 saturated heterocycles. The van der Waals surface area contributed by atoms with Gasteiger partial charge in [0, 0.05) is 12.2 Å². The minimum absolute atomic E-state index is 0.188. The van der Waals surface area contributed by atoms with E-state index in [0.717, 1.165) is 11.8 Å². The van der Waals surface area contributed by atoms with E-state index < -0.39 is 34.0 Å². The lowest BCUT2D eigenvalue weighted by molar-refractivity contribution is -0.128. The number of nitrogens with one attached hydrogen (secondary N) is 5. The van der Waals surface area contributed by atoms with Gasteiger partial charge in [0.25, 0.3) is 0 Å². The van der Waals surface area contributed by atoms with Gasteiger partial charge in [0.15, 0.2) is 5.96 Å². The second-order valence-corrected chi connectivity index (χ2v) is 8.73. The van der Waals surface area contributed by atoms with E-state index in [9.17, 15) is 23.1 Å². The Kier molecular flexibility index (Phi) is 8.70. The van der Waals surface area contributed by atoms with Crippen LogP contribution in [0.2, 0.25) is 0 Å². The zero-order chi connectivity index (χ0) is 23.7. The Morgan fingerprint density at radius 1 is 1.06 bits per heavy atom. The summed E-state index contributed by atoms with van der Waals surface area (Å²) in [7, 11) is -3.77. The monoisotopic (exact) mass is 462 g/mol. The van der Waals surface area contributed by atoms with Crippen LogP contribution in [-0.2, 0) is 26.2 Å². The van der Waals surface area contributed by atoms with Gasteiger partial charge in [-0.3, -0.25) is 15.0 Å². The van der Waals surface area contributed by atoms with Gasteiger partial charge in [-0.1, -0.05) is 42.5 Å². The first kappa shape index (κ1) is 24.8. The van der Waals surface area contributed by atoms with Gasteiger partial charge in [0.1, 0.15) is 12.1 Å². The highest BCUT2D eigenvalue weighted by molar-refractivity contribution is 7.88. The van der Waals surface area contributed by atoms with Crippen molar-refractivity contribution in [2.75, 3.05) is 18.1 Å². The lowest BCUT2D eigenvalue weighted by Gasteiger charge is -2.22. The number of aliphatic hydroxyl groups excluding tert-OH is 1. The number of hydrogen-bond acceptors (Lipinski definition) is 6. The molecule has 12 heteroatoms. The molecule has 2 unspecified atom stereocenters. The van der Waals surface area contributed by atoms with Crippen LogP contribution in [0.5, 0.6) is 0 Å². The number of amides is 2. The molecule has 0 spiro atoms. The third kappa shape index (κ3) is 8.34. The number of nitrogens with two attached hydrogens (primary N) is 1. The molecule has 2 atom stereocenters. The first-order valence-corrected chi connectivity index (χ1v) is 11.4. The topological polar surface area (TPSA) is 186 Å². The van der Waals surface area contributed by atoms with Gasteiger partial charge in [-0.05, 0) is 23.3 Å². The molecule has 0 aliphatic heterocycles. The van der Waals surface area contributed by atoms with Crippen LogP contribution in [0.15, 0.2) is 54.6 Å². The maximum Gasteiger partial charge on any atom is 0.239 e. The van der Waals surface area contributed by atoms with Crippen molar-refractivity contribution in [1.29, 1.82) is 5.41 Å². The number of anilines is 1. The molecule has 0 fully saturated rings. The molecule has 8 N–H and O–H groups in total. The fourth-order valence-electron chi connectivity index (χ4n) is 2.83. The second kappa shape index (κ2) is 11.2. The SMILES string of the molecule is CS(=O)(=O)NC(O)C(C(=O)NCC(=O)NCc1ccc(NC(=N)N)cc1)c1ccccc1. The molecule has 2 aromatic rings. The molecule has 32 heavy (non-hydrogen) atoms. The average molecular weight is 463 g/mol. The standard InChI is InChI=1S/C20H26N6O5S/c1-32(30,31)26-19(29)17(14-5-3-2-4-6-14)18(28)24-12-16(27)23-11-13-7-9-15(10-8-13)25-20(21)22/h2-10,17,19,26,29H,11-12H2,1H3,(H,23,27)(H,24,28)(H4,21,22,25). The van der Waals surface area contributed by atoms with Crippen molar-refractivity contribution in [2.24, 2.45) is 5.73 Å². The van der Waals surface area contributed by atoms with Crippen LogP contribution >= 0.6 is 0 Å². The van der Waals surface area contributed by atoms with Crippen molar-refractivity contribution >= 4 is 33.5 Å². The molecule has 2 aromatic carbocycles. The molecule has 0 radical (unpaired) electrons. The Balaban J connectivity index is 1.93. The number of guanidine groups is 1. The minimum atomic E-state index is -3.77. The molecule has 0 aromatic heterocycles. The third-order valence-corrected chi connectivity index (χ3v) is 4.91. The van der Waals surface area contributed by atoms with Crippen LogP contribution in [0.4, 0.5) is 5.69 Å². The van der Waals surface area contributed by atoms with E-state index in [1.807, 2.05) is 4.72 Å². The normalized spacial score (nSPS) is 12.9. The van der Waals surface area contributed by atoms with Gasteiger partial charge in [0.05, 0.1) is 12.8 Å². The summed E-state index contributed by atoms with van der Waals surface area (Å²) in [5.41, 5.74) is 7.06. The lowest BCUT2D eigenvalue weighted by atomic mass is 9.96. The molecule has 0 aliphatic rings. The van der Waals surface area contributed by atoms with Crippen LogP contribution < -0.4 is 26.4 Å². The van der Waals surface area contributed by atoms with E-state index in [1.54, 1.807) is 54.6 Å². The predicted octanol–water partition coefficient (Wildman–Crippen LogP) is -0.624. The third-order valence-electron chi connectivity index (χ3n) is 4.24. The molecular formula is C20H26N6O5S. The zero-order valence-corrected chi connectivity index (χ0v) is 18.1. The molecule has 0 heterocycles. The first-order valence-electron chi connectivity index (χ1n) is 9.50. The molecule has 2 amide bonds. The van der Waals surface area contributed by atoms with E-state index in [4.69, 9.17) is 11.1 Å². The first-order chi connectivity index (χ1) is 15.0. The van der Waals surface area contributed by atoms with Crippen LogP contribution in [0.25, 0.3) is 0 Å². The Morgan fingerprint density at radius 2 is 1.69 bits per heavy atom. The predicted molar refractivity (Wildman–Crippen MR) is 120 cm³/mol. The van der Waals surface area contributed by atoms with Crippen molar-refractivity contribution in [1.82, 2.24) is 15.4 Å². The molecular weight excluding hydrogens is 436 g/mol.